The Bertz CT molecular complexity index is 959. The summed E-state index contributed by atoms with van der Waals surface area (Å²) in [5, 5.41) is 4.38. The zero-order valence-corrected chi connectivity index (χ0v) is 23.8. The van der Waals surface area contributed by atoms with E-state index in [1.54, 1.807) is 54.7 Å². The van der Waals surface area contributed by atoms with Gasteiger partial charge in [0.15, 0.2) is 0 Å². The van der Waals surface area contributed by atoms with Gasteiger partial charge in [-0.2, -0.15) is 5.10 Å². The van der Waals surface area contributed by atoms with E-state index in [9.17, 15) is 9.59 Å². The van der Waals surface area contributed by atoms with Crippen molar-refractivity contribution in [3.05, 3.63) is 64.7 Å². The van der Waals surface area contributed by atoms with Crippen LogP contribution in [-0.4, -0.2) is 18.1 Å². The molecule has 5 nitrogen and oxygen atoms in total. The highest BCUT2D eigenvalue weighted by molar-refractivity contribution is 6.33. The Balaban J connectivity index is 1.46. The third-order valence-electron chi connectivity index (χ3n) is 6.59. The SMILES string of the molecule is CCCCCCCCCCCCCCCCCC(=O)NN=Cc1ccc(OC(=O)c2ccccc2Cl)cc1. The summed E-state index contributed by atoms with van der Waals surface area (Å²) in [7, 11) is 0. The minimum absolute atomic E-state index is 0.0683. The second-order valence-electron chi connectivity index (χ2n) is 9.93. The summed E-state index contributed by atoms with van der Waals surface area (Å²) in [6.45, 7) is 2.27. The fourth-order valence-corrected chi connectivity index (χ4v) is 4.52. The predicted octanol–water partition coefficient (Wildman–Crippen LogP) is 9.27. The van der Waals surface area contributed by atoms with Crippen molar-refractivity contribution in [3.63, 3.8) is 0 Å². The molecule has 2 aromatic rings. The monoisotopic (exact) mass is 540 g/mol. The zero-order chi connectivity index (χ0) is 27.3. The van der Waals surface area contributed by atoms with E-state index in [0.29, 0.717) is 22.8 Å². The number of rotatable bonds is 20. The summed E-state index contributed by atoms with van der Waals surface area (Å²) in [6, 6.07) is 13.6. The lowest BCUT2D eigenvalue weighted by Crippen LogP contribution is -2.16. The van der Waals surface area contributed by atoms with Crippen LogP contribution in [0.15, 0.2) is 53.6 Å². The average Bonchev–Trinajstić information content (AvgIpc) is 2.92. The number of hydrogen-bond donors (Lipinski definition) is 1. The smallest absolute Gasteiger partial charge is 0.345 e. The van der Waals surface area contributed by atoms with Gasteiger partial charge in [0.1, 0.15) is 5.75 Å². The van der Waals surface area contributed by atoms with Crippen LogP contribution < -0.4 is 10.2 Å². The zero-order valence-electron chi connectivity index (χ0n) is 23.1. The molecule has 0 aliphatic rings. The number of nitrogens with zero attached hydrogens (tertiary/aromatic N) is 1. The summed E-state index contributed by atoms with van der Waals surface area (Å²) >= 11 is 6.04. The molecule has 6 heteroatoms. The van der Waals surface area contributed by atoms with Crippen molar-refractivity contribution in [2.24, 2.45) is 5.10 Å². The number of benzene rings is 2. The van der Waals surface area contributed by atoms with Crippen molar-refractivity contribution < 1.29 is 14.3 Å². The van der Waals surface area contributed by atoms with Crippen LogP contribution in [0, 0.1) is 0 Å². The number of hydrogen-bond acceptors (Lipinski definition) is 4. The molecule has 2 rings (SSSR count). The molecule has 0 radical (unpaired) electrons. The Morgan fingerprint density at radius 3 is 1.84 bits per heavy atom. The minimum Gasteiger partial charge on any atom is -0.423 e. The third-order valence-corrected chi connectivity index (χ3v) is 6.92. The van der Waals surface area contributed by atoms with Crippen molar-refractivity contribution in [1.29, 1.82) is 0 Å². The molecule has 38 heavy (non-hydrogen) atoms. The molecular formula is C32H45ClN2O3. The van der Waals surface area contributed by atoms with Gasteiger partial charge in [0.05, 0.1) is 16.8 Å². The van der Waals surface area contributed by atoms with E-state index in [2.05, 4.69) is 17.5 Å². The quantitative estimate of drug-likeness (QED) is 0.0598. The number of carbonyl (C=O) groups excluding carboxylic acids is 2. The molecule has 0 unspecified atom stereocenters. The summed E-state index contributed by atoms with van der Waals surface area (Å²) in [6.07, 6.45) is 21.7. The van der Waals surface area contributed by atoms with Crippen LogP contribution in [0.25, 0.3) is 0 Å². The molecule has 0 bridgehead atoms. The topological polar surface area (TPSA) is 67.8 Å². The summed E-state index contributed by atoms with van der Waals surface area (Å²) in [4.78, 5) is 24.2. The first kappa shape index (κ1) is 31.6. The van der Waals surface area contributed by atoms with Gasteiger partial charge in [0, 0.05) is 6.42 Å². The van der Waals surface area contributed by atoms with Gasteiger partial charge in [-0.1, -0.05) is 121 Å². The largest absolute Gasteiger partial charge is 0.423 e. The predicted molar refractivity (Wildman–Crippen MR) is 158 cm³/mol. The van der Waals surface area contributed by atoms with Gasteiger partial charge in [-0.3, -0.25) is 4.79 Å². The van der Waals surface area contributed by atoms with Crippen LogP contribution in [0.2, 0.25) is 5.02 Å². The molecule has 0 saturated heterocycles. The van der Waals surface area contributed by atoms with Gasteiger partial charge < -0.3 is 4.74 Å². The lowest BCUT2D eigenvalue weighted by atomic mass is 10.0. The fraction of sp³-hybridized carbons (Fsp3) is 0.531. The molecule has 208 valence electrons. The maximum Gasteiger partial charge on any atom is 0.345 e. The lowest BCUT2D eigenvalue weighted by Gasteiger charge is -2.06. The first-order valence-electron chi connectivity index (χ1n) is 14.5. The number of carbonyl (C=O) groups is 2. The molecule has 0 spiro atoms. The summed E-state index contributed by atoms with van der Waals surface area (Å²) < 4.78 is 5.36. The highest BCUT2D eigenvalue weighted by Gasteiger charge is 2.12. The number of amides is 1. The van der Waals surface area contributed by atoms with Crippen LogP contribution in [-0.2, 0) is 4.79 Å². The maximum absolute atomic E-state index is 12.2. The molecular weight excluding hydrogens is 496 g/mol. The van der Waals surface area contributed by atoms with Gasteiger partial charge in [-0.25, -0.2) is 10.2 Å². The molecule has 1 N–H and O–H groups in total. The fourth-order valence-electron chi connectivity index (χ4n) is 4.30. The number of esters is 1. The Labute approximate surface area is 234 Å². The first-order chi connectivity index (χ1) is 18.6. The van der Waals surface area contributed by atoms with Crippen LogP contribution in [0.5, 0.6) is 5.75 Å². The molecule has 0 saturated carbocycles. The van der Waals surface area contributed by atoms with E-state index in [0.717, 1.165) is 18.4 Å². The van der Waals surface area contributed by atoms with Gasteiger partial charge in [0.2, 0.25) is 5.91 Å². The van der Waals surface area contributed by atoms with E-state index in [1.807, 2.05) is 0 Å². The van der Waals surface area contributed by atoms with Crippen LogP contribution in [0.1, 0.15) is 126 Å². The molecule has 0 aliphatic heterocycles. The summed E-state index contributed by atoms with van der Waals surface area (Å²) in [5.41, 5.74) is 3.69. The molecule has 0 atom stereocenters. The molecule has 0 heterocycles. The second-order valence-corrected chi connectivity index (χ2v) is 10.3. The number of ether oxygens (including phenoxy) is 1. The number of nitrogens with one attached hydrogen (secondary N) is 1. The first-order valence-corrected chi connectivity index (χ1v) is 14.9. The number of halogens is 1. The number of unbranched alkanes of at least 4 members (excludes halogenated alkanes) is 14. The van der Waals surface area contributed by atoms with Gasteiger partial charge in [-0.15, -0.1) is 0 Å². The molecule has 1 amide bonds. The van der Waals surface area contributed by atoms with E-state index >= 15 is 0 Å². The highest BCUT2D eigenvalue weighted by Crippen LogP contribution is 2.19. The third kappa shape index (κ3) is 14.3. The number of hydrazone groups is 1. The van der Waals surface area contributed by atoms with Crippen molar-refractivity contribution >= 4 is 29.7 Å². The molecule has 2 aromatic carbocycles. The maximum atomic E-state index is 12.2. The van der Waals surface area contributed by atoms with E-state index in [4.69, 9.17) is 16.3 Å². The van der Waals surface area contributed by atoms with Gasteiger partial charge >= 0.3 is 5.97 Å². The van der Waals surface area contributed by atoms with Crippen LogP contribution >= 0.6 is 11.6 Å². The van der Waals surface area contributed by atoms with Gasteiger partial charge in [0.25, 0.3) is 0 Å². The Kier molecular flexibility index (Phi) is 16.9. The normalized spacial score (nSPS) is 11.1. The van der Waals surface area contributed by atoms with Crippen LogP contribution in [0.3, 0.4) is 0 Å². The van der Waals surface area contributed by atoms with Crippen molar-refractivity contribution in [2.45, 2.75) is 110 Å². The van der Waals surface area contributed by atoms with E-state index in [1.165, 1.54) is 83.5 Å². The van der Waals surface area contributed by atoms with Crippen molar-refractivity contribution in [2.75, 3.05) is 0 Å². The molecule has 0 aromatic heterocycles. The molecule has 0 aliphatic carbocycles. The van der Waals surface area contributed by atoms with Gasteiger partial charge in [-0.05, 0) is 48.4 Å². The minimum atomic E-state index is -0.511. The molecule has 0 fully saturated rings. The Morgan fingerprint density at radius 1 is 0.763 bits per heavy atom. The Morgan fingerprint density at radius 2 is 1.29 bits per heavy atom. The lowest BCUT2D eigenvalue weighted by molar-refractivity contribution is -0.121. The Hall–Kier alpha value is -2.66. The summed E-state index contributed by atoms with van der Waals surface area (Å²) in [5.74, 6) is -0.173. The van der Waals surface area contributed by atoms with Crippen LogP contribution in [0.4, 0.5) is 0 Å². The van der Waals surface area contributed by atoms with Crippen molar-refractivity contribution in [3.8, 4) is 5.75 Å². The van der Waals surface area contributed by atoms with E-state index in [-0.39, 0.29) is 5.91 Å². The second kappa shape index (κ2) is 20.3. The van der Waals surface area contributed by atoms with Crippen molar-refractivity contribution in [1.82, 2.24) is 5.43 Å². The standard InChI is InChI=1S/C32H45ClN2O3/c1-2-3-4-5-6-7-8-9-10-11-12-13-14-15-16-21-31(36)35-34-26-27-22-24-28(25-23-27)38-32(37)29-19-17-18-20-30(29)33/h17-20,22-26H,2-16,21H2,1H3,(H,35,36). The average molecular weight is 541 g/mol. The highest BCUT2D eigenvalue weighted by atomic mass is 35.5. The van der Waals surface area contributed by atoms with E-state index < -0.39 is 5.97 Å².